The fraction of sp³-hybridized carbons (Fsp3) is 0.733. The van der Waals surface area contributed by atoms with Crippen molar-refractivity contribution in [2.45, 2.75) is 63.2 Å². The van der Waals surface area contributed by atoms with Crippen molar-refractivity contribution in [1.29, 1.82) is 0 Å². The van der Waals surface area contributed by atoms with Gasteiger partial charge >= 0.3 is 0 Å². The Hall–Kier alpha value is -0.330. The molecule has 0 radical (unpaired) electrons. The van der Waals surface area contributed by atoms with E-state index in [1.807, 2.05) is 20.8 Å². The molecule has 4 nitrogen and oxygen atoms in total. The number of halogens is 1. The summed E-state index contributed by atoms with van der Waals surface area (Å²) in [4.78, 5) is 8.95. The Labute approximate surface area is 137 Å². The second-order valence-electron chi connectivity index (χ2n) is 7.50. The number of rotatable bonds is 3. The molecule has 21 heavy (non-hydrogen) atoms. The van der Waals surface area contributed by atoms with Crippen LogP contribution in [0.25, 0.3) is 0 Å². The predicted octanol–water partition coefficient (Wildman–Crippen LogP) is 3.45. The molecule has 1 spiro atoms. The summed E-state index contributed by atoms with van der Waals surface area (Å²) < 4.78 is 16.5. The zero-order valence-corrected chi connectivity index (χ0v) is 15.2. The van der Waals surface area contributed by atoms with E-state index in [9.17, 15) is 4.21 Å². The van der Waals surface area contributed by atoms with Gasteiger partial charge in [0.25, 0.3) is 0 Å². The molecule has 0 bridgehead atoms. The summed E-state index contributed by atoms with van der Waals surface area (Å²) in [6.45, 7) is 5.97. The Morgan fingerprint density at radius 3 is 2.24 bits per heavy atom. The lowest BCUT2D eigenvalue weighted by atomic mass is 9.48. The minimum absolute atomic E-state index is 0.287. The maximum absolute atomic E-state index is 12.6. The SMILES string of the molecule is CC(C)(C)S(=O)NC1(c2ncc(Br)cn2)CC2(CCC2)C1. The summed E-state index contributed by atoms with van der Waals surface area (Å²) in [7, 11) is -1.11. The average Bonchev–Trinajstić information content (AvgIpc) is 2.30. The summed E-state index contributed by atoms with van der Waals surface area (Å²) in [5, 5.41) is 0. The van der Waals surface area contributed by atoms with Crippen molar-refractivity contribution in [2.75, 3.05) is 0 Å². The lowest BCUT2D eigenvalue weighted by Gasteiger charge is -2.60. The number of nitrogens with zero attached hydrogens (tertiary/aromatic N) is 2. The first kappa shape index (κ1) is 15.6. The highest BCUT2D eigenvalue weighted by Crippen LogP contribution is 2.63. The van der Waals surface area contributed by atoms with Crippen LogP contribution in [0.15, 0.2) is 16.9 Å². The van der Waals surface area contributed by atoms with Gasteiger partial charge in [0, 0.05) is 12.4 Å². The van der Waals surface area contributed by atoms with Crippen molar-refractivity contribution >= 4 is 26.9 Å². The second-order valence-corrected chi connectivity index (χ2v) is 10.4. The molecule has 116 valence electrons. The van der Waals surface area contributed by atoms with Gasteiger partial charge in [-0.25, -0.2) is 18.9 Å². The van der Waals surface area contributed by atoms with Crippen molar-refractivity contribution in [2.24, 2.45) is 5.41 Å². The average molecular weight is 372 g/mol. The van der Waals surface area contributed by atoms with Gasteiger partial charge in [-0.1, -0.05) is 6.42 Å². The molecule has 0 aromatic carbocycles. The molecule has 6 heteroatoms. The van der Waals surface area contributed by atoms with Crippen LogP contribution in [0.2, 0.25) is 0 Å². The van der Waals surface area contributed by atoms with E-state index in [-0.39, 0.29) is 10.3 Å². The summed E-state index contributed by atoms with van der Waals surface area (Å²) in [5.74, 6) is 0.779. The smallest absolute Gasteiger partial charge is 0.149 e. The quantitative estimate of drug-likeness (QED) is 0.884. The Bertz CT molecular complexity index is 555. The van der Waals surface area contributed by atoms with Gasteiger partial charge in [0.2, 0.25) is 0 Å². The molecule has 2 aliphatic rings. The van der Waals surface area contributed by atoms with Crippen molar-refractivity contribution in [3.63, 3.8) is 0 Å². The number of hydrogen-bond donors (Lipinski definition) is 1. The third-order valence-corrected chi connectivity index (χ3v) is 6.76. The Kier molecular flexibility index (Phi) is 3.78. The molecule has 0 saturated heterocycles. The van der Waals surface area contributed by atoms with Crippen LogP contribution in [0.1, 0.15) is 58.7 Å². The highest BCUT2D eigenvalue weighted by Gasteiger charge is 2.60. The lowest BCUT2D eigenvalue weighted by Crippen LogP contribution is -2.62. The van der Waals surface area contributed by atoms with Crippen LogP contribution in [0, 0.1) is 5.41 Å². The molecule has 1 unspecified atom stereocenters. The van der Waals surface area contributed by atoms with Gasteiger partial charge in [-0.05, 0) is 67.8 Å². The summed E-state index contributed by atoms with van der Waals surface area (Å²) in [6.07, 6.45) is 9.45. The molecule has 1 aromatic heterocycles. The van der Waals surface area contributed by atoms with Crippen LogP contribution in [0.4, 0.5) is 0 Å². The van der Waals surface area contributed by atoms with E-state index in [2.05, 4.69) is 30.6 Å². The number of aromatic nitrogens is 2. The van der Waals surface area contributed by atoms with Crippen LogP contribution in [0.5, 0.6) is 0 Å². The molecule has 1 heterocycles. The van der Waals surface area contributed by atoms with E-state index in [1.165, 1.54) is 19.3 Å². The van der Waals surface area contributed by atoms with Crippen LogP contribution in [-0.4, -0.2) is 18.9 Å². The van der Waals surface area contributed by atoms with Crippen LogP contribution < -0.4 is 4.72 Å². The first-order chi connectivity index (χ1) is 9.75. The summed E-state index contributed by atoms with van der Waals surface area (Å²) in [6, 6.07) is 0. The maximum Gasteiger partial charge on any atom is 0.149 e. The first-order valence-electron chi connectivity index (χ1n) is 7.43. The van der Waals surface area contributed by atoms with E-state index >= 15 is 0 Å². The molecule has 3 rings (SSSR count). The van der Waals surface area contributed by atoms with E-state index in [0.717, 1.165) is 23.1 Å². The monoisotopic (exact) mass is 371 g/mol. The van der Waals surface area contributed by atoms with Crippen molar-refractivity contribution in [3.8, 4) is 0 Å². The molecular formula is C15H22BrN3OS. The van der Waals surface area contributed by atoms with Crippen molar-refractivity contribution < 1.29 is 4.21 Å². The topological polar surface area (TPSA) is 54.9 Å². The van der Waals surface area contributed by atoms with Gasteiger partial charge in [-0.2, -0.15) is 0 Å². The number of nitrogens with one attached hydrogen (secondary N) is 1. The zero-order chi connectivity index (χ0) is 15.3. The normalized spacial score (nSPS) is 24.2. The highest BCUT2D eigenvalue weighted by atomic mass is 79.9. The largest absolute Gasteiger partial charge is 0.242 e. The molecule has 0 aliphatic heterocycles. The number of hydrogen-bond acceptors (Lipinski definition) is 3. The van der Waals surface area contributed by atoms with Crippen LogP contribution in [-0.2, 0) is 16.5 Å². The zero-order valence-electron chi connectivity index (χ0n) is 12.8. The van der Waals surface area contributed by atoms with Gasteiger partial charge in [-0.3, -0.25) is 0 Å². The maximum atomic E-state index is 12.6. The third kappa shape index (κ3) is 2.82. The van der Waals surface area contributed by atoms with E-state index in [0.29, 0.717) is 5.41 Å². The predicted molar refractivity (Wildman–Crippen MR) is 88.0 cm³/mol. The molecule has 1 aromatic rings. The molecule has 2 saturated carbocycles. The molecular weight excluding hydrogens is 350 g/mol. The van der Waals surface area contributed by atoms with Crippen LogP contribution in [0.3, 0.4) is 0 Å². The standard InChI is InChI=1S/C15H22BrN3OS/c1-13(2,3)21(20)19-15(9-14(10-15)5-4-6-14)12-17-7-11(16)8-18-12/h7-8,19H,4-6,9-10H2,1-3H3. The molecule has 2 fully saturated rings. The molecule has 1 atom stereocenters. The Balaban J connectivity index is 1.86. The van der Waals surface area contributed by atoms with Gasteiger partial charge < -0.3 is 0 Å². The fourth-order valence-corrected chi connectivity index (χ4v) is 4.53. The lowest BCUT2D eigenvalue weighted by molar-refractivity contribution is -0.0584. The van der Waals surface area contributed by atoms with E-state index in [1.54, 1.807) is 12.4 Å². The second kappa shape index (κ2) is 5.10. The van der Waals surface area contributed by atoms with E-state index < -0.39 is 11.0 Å². The fourth-order valence-electron chi connectivity index (χ4n) is 3.42. The van der Waals surface area contributed by atoms with Gasteiger partial charge in [0.15, 0.2) is 0 Å². The summed E-state index contributed by atoms with van der Waals surface area (Å²) in [5.41, 5.74) is 0.130. The highest BCUT2D eigenvalue weighted by molar-refractivity contribution is 9.10. The molecule has 1 N–H and O–H groups in total. The minimum Gasteiger partial charge on any atom is -0.242 e. The molecule has 0 amide bonds. The van der Waals surface area contributed by atoms with Crippen molar-refractivity contribution in [1.82, 2.24) is 14.7 Å². The minimum atomic E-state index is -1.11. The van der Waals surface area contributed by atoms with E-state index in [4.69, 9.17) is 0 Å². The first-order valence-corrected chi connectivity index (χ1v) is 9.37. The third-order valence-electron chi connectivity index (χ3n) is 4.66. The van der Waals surface area contributed by atoms with Gasteiger partial charge in [0.05, 0.1) is 25.7 Å². The molecule has 2 aliphatic carbocycles. The Morgan fingerprint density at radius 1 is 1.24 bits per heavy atom. The van der Waals surface area contributed by atoms with Crippen LogP contribution >= 0.6 is 15.9 Å². The van der Waals surface area contributed by atoms with Crippen molar-refractivity contribution in [3.05, 3.63) is 22.7 Å². The van der Waals surface area contributed by atoms with Gasteiger partial charge in [0.1, 0.15) is 5.82 Å². The summed E-state index contributed by atoms with van der Waals surface area (Å²) >= 11 is 3.38. The Morgan fingerprint density at radius 2 is 1.81 bits per heavy atom. The van der Waals surface area contributed by atoms with Gasteiger partial charge in [-0.15, -0.1) is 0 Å².